The van der Waals surface area contributed by atoms with Gasteiger partial charge in [0.2, 0.25) is 0 Å². The van der Waals surface area contributed by atoms with Gasteiger partial charge in [0.15, 0.2) is 5.96 Å². The predicted molar refractivity (Wildman–Crippen MR) is 89.9 cm³/mol. The fourth-order valence-corrected chi connectivity index (χ4v) is 2.54. The van der Waals surface area contributed by atoms with Crippen molar-refractivity contribution in [1.82, 2.24) is 15.5 Å². The second-order valence-electron chi connectivity index (χ2n) is 5.85. The Morgan fingerprint density at radius 2 is 1.86 bits per heavy atom. The van der Waals surface area contributed by atoms with Gasteiger partial charge in [0, 0.05) is 33.4 Å². The number of likely N-dealkylation sites (tertiary alicyclic amines) is 1. The molecule has 0 amide bonds. The quantitative estimate of drug-likeness (QED) is 0.386. The van der Waals surface area contributed by atoms with Crippen molar-refractivity contribution >= 4 is 5.96 Å². The highest BCUT2D eigenvalue weighted by Crippen LogP contribution is 2.15. The number of guanidine groups is 1. The fraction of sp³-hybridized carbons (Fsp3) is 0.938. The van der Waals surface area contributed by atoms with E-state index in [1.165, 1.54) is 38.9 Å². The summed E-state index contributed by atoms with van der Waals surface area (Å²) in [5.41, 5.74) is 0. The molecular formula is C16H34N4O. The lowest BCUT2D eigenvalue weighted by Crippen LogP contribution is -2.40. The van der Waals surface area contributed by atoms with Gasteiger partial charge < -0.3 is 20.3 Å². The van der Waals surface area contributed by atoms with Crippen molar-refractivity contribution in [3.8, 4) is 0 Å². The number of ether oxygens (including phenoxy) is 1. The minimum atomic E-state index is 0.794. The maximum Gasteiger partial charge on any atom is 0.190 e. The van der Waals surface area contributed by atoms with E-state index in [4.69, 9.17) is 4.74 Å². The van der Waals surface area contributed by atoms with Gasteiger partial charge in [-0.25, -0.2) is 0 Å². The van der Waals surface area contributed by atoms with Crippen molar-refractivity contribution in [3.05, 3.63) is 0 Å². The van der Waals surface area contributed by atoms with Gasteiger partial charge in [-0.15, -0.1) is 0 Å². The standard InChI is InChI=1S/C16H34N4O/c1-4-21-14-6-10-19-16(17-3)18-9-5-11-20-12-7-15(2)8-13-20/h15H,4-14H2,1-3H3,(H2,17,18,19). The summed E-state index contributed by atoms with van der Waals surface area (Å²) in [6.07, 6.45) is 4.90. The van der Waals surface area contributed by atoms with E-state index in [2.05, 4.69) is 27.4 Å². The summed E-state index contributed by atoms with van der Waals surface area (Å²) >= 11 is 0. The SMILES string of the molecule is CCOCCCNC(=NC)NCCCN1CCC(C)CC1. The first-order valence-electron chi connectivity index (χ1n) is 8.50. The summed E-state index contributed by atoms with van der Waals surface area (Å²) < 4.78 is 5.32. The molecule has 21 heavy (non-hydrogen) atoms. The number of hydrogen-bond acceptors (Lipinski definition) is 3. The Kier molecular flexibility index (Phi) is 10.3. The molecule has 1 fully saturated rings. The van der Waals surface area contributed by atoms with E-state index in [9.17, 15) is 0 Å². The summed E-state index contributed by atoms with van der Waals surface area (Å²) in [6.45, 7) is 11.6. The van der Waals surface area contributed by atoms with Gasteiger partial charge in [-0.05, 0) is 58.2 Å². The molecule has 1 saturated heterocycles. The highest BCUT2D eigenvalue weighted by Gasteiger charge is 2.14. The molecule has 1 rings (SSSR count). The van der Waals surface area contributed by atoms with Crippen molar-refractivity contribution in [2.75, 3.05) is 53.0 Å². The second-order valence-corrected chi connectivity index (χ2v) is 5.85. The minimum absolute atomic E-state index is 0.794. The van der Waals surface area contributed by atoms with Crippen LogP contribution in [0.4, 0.5) is 0 Å². The van der Waals surface area contributed by atoms with E-state index in [1.54, 1.807) is 0 Å². The topological polar surface area (TPSA) is 48.9 Å². The number of aliphatic imine (C=N–C) groups is 1. The number of nitrogens with zero attached hydrogens (tertiary/aromatic N) is 2. The maximum absolute atomic E-state index is 5.32. The molecule has 0 spiro atoms. The Bertz CT molecular complexity index is 275. The van der Waals surface area contributed by atoms with Crippen LogP contribution in [0, 0.1) is 5.92 Å². The molecule has 0 bridgehead atoms. The van der Waals surface area contributed by atoms with Gasteiger partial charge in [-0.3, -0.25) is 4.99 Å². The van der Waals surface area contributed by atoms with Crippen LogP contribution in [-0.4, -0.2) is 63.8 Å². The third-order valence-corrected chi connectivity index (χ3v) is 4.01. The Morgan fingerprint density at radius 3 is 2.48 bits per heavy atom. The molecular weight excluding hydrogens is 264 g/mol. The molecule has 0 aliphatic carbocycles. The van der Waals surface area contributed by atoms with E-state index >= 15 is 0 Å². The van der Waals surface area contributed by atoms with E-state index in [-0.39, 0.29) is 0 Å². The Labute approximate surface area is 130 Å². The molecule has 0 aromatic heterocycles. The van der Waals surface area contributed by atoms with E-state index in [1.807, 2.05) is 14.0 Å². The zero-order valence-corrected chi connectivity index (χ0v) is 14.2. The van der Waals surface area contributed by atoms with Crippen molar-refractivity contribution in [2.45, 2.75) is 39.5 Å². The minimum Gasteiger partial charge on any atom is -0.382 e. The Morgan fingerprint density at radius 1 is 1.19 bits per heavy atom. The lowest BCUT2D eigenvalue weighted by molar-refractivity contribution is 0.145. The molecule has 1 heterocycles. The fourth-order valence-electron chi connectivity index (χ4n) is 2.54. The number of rotatable bonds is 9. The van der Waals surface area contributed by atoms with Crippen LogP contribution >= 0.6 is 0 Å². The van der Waals surface area contributed by atoms with Gasteiger partial charge in [0.25, 0.3) is 0 Å². The highest BCUT2D eigenvalue weighted by molar-refractivity contribution is 5.79. The molecule has 1 aliphatic heterocycles. The summed E-state index contributed by atoms with van der Waals surface area (Å²) in [6, 6.07) is 0. The van der Waals surface area contributed by atoms with E-state index < -0.39 is 0 Å². The third-order valence-electron chi connectivity index (χ3n) is 4.01. The van der Waals surface area contributed by atoms with Crippen LogP contribution in [0.25, 0.3) is 0 Å². The zero-order valence-electron chi connectivity index (χ0n) is 14.2. The largest absolute Gasteiger partial charge is 0.382 e. The van der Waals surface area contributed by atoms with Gasteiger partial charge >= 0.3 is 0 Å². The van der Waals surface area contributed by atoms with Gasteiger partial charge in [-0.1, -0.05) is 6.92 Å². The molecule has 0 aromatic rings. The van der Waals surface area contributed by atoms with Crippen LogP contribution in [0.2, 0.25) is 0 Å². The van der Waals surface area contributed by atoms with Crippen LogP contribution in [0.3, 0.4) is 0 Å². The predicted octanol–water partition coefficient (Wildman–Crippen LogP) is 1.70. The average molecular weight is 298 g/mol. The van der Waals surface area contributed by atoms with Crippen molar-refractivity contribution < 1.29 is 4.74 Å². The molecule has 2 N–H and O–H groups in total. The monoisotopic (exact) mass is 298 g/mol. The summed E-state index contributed by atoms with van der Waals surface area (Å²) in [7, 11) is 1.82. The van der Waals surface area contributed by atoms with Crippen LogP contribution in [0.1, 0.15) is 39.5 Å². The molecule has 0 aromatic carbocycles. The van der Waals surface area contributed by atoms with Crippen LogP contribution < -0.4 is 10.6 Å². The first-order chi connectivity index (χ1) is 10.3. The second kappa shape index (κ2) is 11.8. The summed E-state index contributed by atoms with van der Waals surface area (Å²) in [5.74, 6) is 1.82. The average Bonchev–Trinajstić information content (AvgIpc) is 2.51. The number of piperidine rings is 1. The molecule has 0 radical (unpaired) electrons. The van der Waals surface area contributed by atoms with E-state index in [0.29, 0.717) is 0 Å². The maximum atomic E-state index is 5.32. The molecule has 5 nitrogen and oxygen atoms in total. The first-order valence-corrected chi connectivity index (χ1v) is 8.50. The molecule has 1 aliphatic rings. The zero-order chi connectivity index (χ0) is 15.3. The highest BCUT2D eigenvalue weighted by atomic mass is 16.5. The number of hydrogen-bond donors (Lipinski definition) is 2. The normalized spacial score (nSPS) is 18.0. The Hall–Kier alpha value is -0.810. The van der Waals surface area contributed by atoms with Crippen LogP contribution in [0.5, 0.6) is 0 Å². The van der Waals surface area contributed by atoms with Crippen LogP contribution in [0.15, 0.2) is 4.99 Å². The molecule has 5 heteroatoms. The van der Waals surface area contributed by atoms with Gasteiger partial charge in [0.1, 0.15) is 0 Å². The lowest BCUT2D eigenvalue weighted by atomic mass is 9.99. The lowest BCUT2D eigenvalue weighted by Gasteiger charge is -2.30. The molecule has 0 saturated carbocycles. The van der Waals surface area contributed by atoms with Crippen molar-refractivity contribution in [1.29, 1.82) is 0 Å². The van der Waals surface area contributed by atoms with Crippen molar-refractivity contribution in [3.63, 3.8) is 0 Å². The molecule has 0 unspecified atom stereocenters. The molecule has 124 valence electrons. The van der Waals surface area contributed by atoms with Crippen molar-refractivity contribution in [2.24, 2.45) is 10.9 Å². The number of nitrogens with one attached hydrogen (secondary N) is 2. The molecule has 0 atom stereocenters. The van der Waals surface area contributed by atoms with Gasteiger partial charge in [0.05, 0.1) is 0 Å². The summed E-state index contributed by atoms with van der Waals surface area (Å²) in [5, 5.41) is 6.70. The first kappa shape index (κ1) is 18.2. The van der Waals surface area contributed by atoms with Crippen LogP contribution in [-0.2, 0) is 4.74 Å². The summed E-state index contributed by atoms with van der Waals surface area (Å²) in [4.78, 5) is 6.82. The van der Waals surface area contributed by atoms with E-state index in [0.717, 1.165) is 44.6 Å². The smallest absolute Gasteiger partial charge is 0.190 e. The third kappa shape index (κ3) is 8.94. The Balaban J connectivity index is 1.99. The van der Waals surface area contributed by atoms with Gasteiger partial charge in [-0.2, -0.15) is 0 Å².